The molecule has 0 unspecified atom stereocenters. The lowest BCUT2D eigenvalue weighted by Crippen LogP contribution is -2.25. The maximum absolute atomic E-state index is 13.3. The summed E-state index contributed by atoms with van der Waals surface area (Å²) >= 11 is 0. The van der Waals surface area contributed by atoms with Crippen LogP contribution < -0.4 is 9.62 Å². The number of aryl methyl sites for hydroxylation is 1. The molecule has 0 amide bonds. The molecule has 7 nitrogen and oxygen atoms in total. The zero-order valence-corrected chi connectivity index (χ0v) is 18.4. The van der Waals surface area contributed by atoms with Gasteiger partial charge in [-0.2, -0.15) is 13.2 Å². The third kappa shape index (κ3) is 4.71. The minimum atomic E-state index is -4.45. The largest absolute Gasteiger partial charge is 0.416 e. The predicted octanol–water partition coefficient (Wildman–Crippen LogP) is 4.23. The quantitative estimate of drug-likeness (QED) is 0.622. The molecule has 1 N–H and O–H groups in total. The van der Waals surface area contributed by atoms with Crippen molar-refractivity contribution in [3.05, 3.63) is 53.0 Å². The van der Waals surface area contributed by atoms with Gasteiger partial charge in [0.25, 0.3) is 0 Å². The van der Waals surface area contributed by atoms with E-state index in [9.17, 15) is 21.6 Å². The number of alkyl halides is 3. The van der Waals surface area contributed by atoms with Crippen molar-refractivity contribution in [1.82, 2.24) is 15.0 Å². The van der Waals surface area contributed by atoms with Crippen LogP contribution in [0.2, 0.25) is 0 Å². The normalized spacial score (nSPS) is 13.3. The highest BCUT2D eigenvalue weighted by molar-refractivity contribution is 7.92. The average Bonchev–Trinajstić information content (AvgIpc) is 2.65. The van der Waals surface area contributed by atoms with Crippen LogP contribution in [0.1, 0.15) is 35.5 Å². The molecule has 0 saturated heterocycles. The van der Waals surface area contributed by atoms with Gasteiger partial charge < -0.3 is 5.32 Å². The lowest BCUT2D eigenvalue weighted by molar-refractivity contribution is -0.138. The Labute approximate surface area is 178 Å². The van der Waals surface area contributed by atoms with Gasteiger partial charge in [0.2, 0.25) is 10.0 Å². The van der Waals surface area contributed by atoms with E-state index >= 15 is 0 Å². The fourth-order valence-electron chi connectivity index (χ4n) is 3.30. The number of halogens is 3. The van der Waals surface area contributed by atoms with E-state index < -0.39 is 27.8 Å². The second-order valence-corrected chi connectivity index (χ2v) is 9.31. The van der Waals surface area contributed by atoms with Crippen molar-refractivity contribution in [1.29, 1.82) is 0 Å². The molecule has 0 aliphatic heterocycles. The molecule has 0 aliphatic carbocycles. The molecule has 0 bridgehead atoms. The standard InChI is InChI=1S/C20H22F3N5O2S/c1-11-15(7-6-8-17(11)20(21,22)23)12(2)25-19-16-9-14(28(4)31(5,29)30)10-24-18(16)26-13(3)27-19/h6-10,12H,1-5H3,(H,24,25,26,27)/t12-/m1/s1. The number of pyridine rings is 1. The number of nitrogens with zero attached hydrogens (tertiary/aromatic N) is 4. The summed E-state index contributed by atoms with van der Waals surface area (Å²) in [4.78, 5) is 12.9. The van der Waals surface area contributed by atoms with Crippen LogP contribution in [0.15, 0.2) is 30.5 Å². The molecule has 1 aromatic carbocycles. The monoisotopic (exact) mass is 453 g/mol. The van der Waals surface area contributed by atoms with Crippen molar-refractivity contribution in [2.24, 2.45) is 0 Å². The summed E-state index contributed by atoms with van der Waals surface area (Å²) in [5.74, 6) is 0.766. The molecule has 11 heteroatoms. The van der Waals surface area contributed by atoms with Crippen LogP contribution in [-0.2, 0) is 16.2 Å². The lowest BCUT2D eigenvalue weighted by atomic mass is 9.97. The minimum Gasteiger partial charge on any atom is -0.363 e. The Morgan fingerprint density at radius 1 is 1.16 bits per heavy atom. The topological polar surface area (TPSA) is 88.1 Å². The molecule has 0 fully saturated rings. The third-order valence-electron chi connectivity index (χ3n) is 5.01. The number of hydrogen-bond donors (Lipinski definition) is 1. The van der Waals surface area contributed by atoms with Gasteiger partial charge in [0.05, 0.1) is 35.1 Å². The summed E-state index contributed by atoms with van der Waals surface area (Å²) in [5, 5.41) is 3.59. The molecule has 0 spiro atoms. The number of fused-ring (bicyclic) bond motifs is 1. The second-order valence-electron chi connectivity index (χ2n) is 7.30. The van der Waals surface area contributed by atoms with Crippen LogP contribution >= 0.6 is 0 Å². The lowest BCUT2D eigenvalue weighted by Gasteiger charge is -2.21. The van der Waals surface area contributed by atoms with Gasteiger partial charge >= 0.3 is 6.18 Å². The van der Waals surface area contributed by atoms with Crippen molar-refractivity contribution in [2.45, 2.75) is 33.0 Å². The summed E-state index contributed by atoms with van der Waals surface area (Å²) in [6, 6.07) is 5.10. The molecule has 166 valence electrons. The van der Waals surface area contributed by atoms with Gasteiger partial charge in [0, 0.05) is 7.05 Å². The fraction of sp³-hybridized carbons (Fsp3) is 0.350. The van der Waals surface area contributed by atoms with Gasteiger partial charge in [-0.1, -0.05) is 12.1 Å². The molecule has 31 heavy (non-hydrogen) atoms. The smallest absolute Gasteiger partial charge is 0.363 e. The fourth-order valence-corrected chi connectivity index (χ4v) is 3.78. The summed E-state index contributed by atoms with van der Waals surface area (Å²) in [7, 11) is -2.11. The Morgan fingerprint density at radius 3 is 2.45 bits per heavy atom. The number of benzene rings is 1. The molecule has 0 aliphatic rings. The maximum atomic E-state index is 13.3. The first kappa shape index (κ1) is 22.7. The Morgan fingerprint density at radius 2 is 1.84 bits per heavy atom. The van der Waals surface area contributed by atoms with Crippen molar-refractivity contribution >= 4 is 32.6 Å². The van der Waals surface area contributed by atoms with Crippen LogP contribution in [0.3, 0.4) is 0 Å². The van der Waals surface area contributed by atoms with E-state index in [1.165, 1.54) is 26.2 Å². The summed E-state index contributed by atoms with van der Waals surface area (Å²) in [5.41, 5.74) is 0.556. The van der Waals surface area contributed by atoms with Gasteiger partial charge in [-0.05, 0) is 44.0 Å². The molecule has 3 rings (SSSR count). The highest BCUT2D eigenvalue weighted by Gasteiger charge is 2.33. The molecule has 2 aromatic heterocycles. The van der Waals surface area contributed by atoms with Crippen LogP contribution in [0, 0.1) is 13.8 Å². The first-order valence-corrected chi connectivity index (χ1v) is 11.2. The number of aromatic nitrogens is 3. The zero-order valence-electron chi connectivity index (χ0n) is 17.6. The van der Waals surface area contributed by atoms with Crippen molar-refractivity contribution in [3.63, 3.8) is 0 Å². The highest BCUT2D eigenvalue weighted by atomic mass is 32.2. The van der Waals surface area contributed by atoms with Gasteiger partial charge in [-0.3, -0.25) is 4.31 Å². The van der Waals surface area contributed by atoms with E-state index in [4.69, 9.17) is 0 Å². The number of anilines is 2. The van der Waals surface area contributed by atoms with Gasteiger partial charge in [0.15, 0.2) is 5.65 Å². The summed E-state index contributed by atoms with van der Waals surface area (Å²) in [6.45, 7) is 4.83. The van der Waals surface area contributed by atoms with Crippen LogP contribution in [0.25, 0.3) is 11.0 Å². The molecule has 1 atom stereocenters. The molecule has 0 saturated carbocycles. The van der Waals surface area contributed by atoms with Crippen LogP contribution in [0.4, 0.5) is 24.7 Å². The molecular formula is C20H22F3N5O2S. The number of hydrogen-bond acceptors (Lipinski definition) is 6. The van der Waals surface area contributed by atoms with E-state index in [2.05, 4.69) is 20.3 Å². The number of rotatable bonds is 5. The average molecular weight is 453 g/mol. The first-order chi connectivity index (χ1) is 14.3. The van der Waals surface area contributed by atoms with Crippen molar-refractivity contribution in [3.8, 4) is 0 Å². The van der Waals surface area contributed by atoms with Gasteiger partial charge in [-0.25, -0.2) is 23.4 Å². The predicted molar refractivity (Wildman–Crippen MR) is 114 cm³/mol. The highest BCUT2D eigenvalue weighted by Crippen LogP contribution is 2.35. The first-order valence-electron chi connectivity index (χ1n) is 9.30. The van der Waals surface area contributed by atoms with Crippen LogP contribution in [-0.4, -0.2) is 36.7 Å². The maximum Gasteiger partial charge on any atom is 0.416 e. The number of sulfonamides is 1. The van der Waals surface area contributed by atoms with Gasteiger partial charge in [0.1, 0.15) is 11.6 Å². The second kappa shape index (κ2) is 7.95. The molecule has 0 radical (unpaired) electrons. The Kier molecular flexibility index (Phi) is 5.83. The van der Waals surface area contributed by atoms with E-state index in [1.807, 2.05) is 0 Å². The molecule has 2 heterocycles. The van der Waals surface area contributed by atoms with Crippen LogP contribution in [0.5, 0.6) is 0 Å². The minimum absolute atomic E-state index is 0.126. The molecule has 3 aromatic rings. The van der Waals surface area contributed by atoms with E-state index in [0.717, 1.165) is 16.6 Å². The zero-order chi connectivity index (χ0) is 23.1. The summed E-state index contributed by atoms with van der Waals surface area (Å²) < 4.78 is 64.7. The van der Waals surface area contributed by atoms with E-state index in [-0.39, 0.29) is 5.56 Å². The number of nitrogens with one attached hydrogen (secondary N) is 1. The van der Waals surface area contributed by atoms with E-state index in [1.54, 1.807) is 26.0 Å². The van der Waals surface area contributed by atoms with Gasteiger partial charge in [-0.15, -0.1) is 0 Å². The van der Waals surface area contributed by atoms with E-state index in [0.29, 0.717) is 33.9 Å². The summed E-state index contributed by atoms with van der Waals surface area (Å²) in [6.07, 6.45) is -1.99. The van der Waals surface area contributed by atoms with Crippen molar-refractivity contribution in [2.75, 3.05) is 22.9 Å². The Hall–Kier alpha value is -2.95. The van der Waals surface area contributed by atoms with Crippen molar-refractivity contribution < 1.29 is 21.6 Å². The molecular weight excluding hydrogens is 431 g/mol. The Bertz CT molecular complexity index is 1250. The SMILES string of the molecule is Cc1nc(N[C@H](C)c2cccc(C(F)(F)F)c2C)c2cc(N(C)S(C)(=O)=O)cnc2n1. The third-order valence-corrected chi connectivity index (χ3v) is 6.22. The Balaban J connectivity index is 2.07.